The van der Waals surface area contributed by atoms with Crippen molar-refractivity contribution in [3.05, 3.63) is 58.6 Å². The monoisotopic (exact) mass is 411 g/mol. The Morgan fingerprint density at radius 2 is 1.59 bits per heavy atom. The summed E-state index contributed by atoms with van der Waals surface area (Å²) in [5.74, 6) is -0.724. The van der Waals surface area contributed by atoms with Crippen molar-refractivity contribution in [3.8, 4) is 5.75 Å². The van der Waals surface area contributed by atoms with Crippen LogP contribution in [0.25, 0.3) is 0 Å². The zero-order valence-electron chi connectivity index (χ0n) is 14.8. The predicted molar refractivity (Wildman–Crippen MR) is 100 cm³/mol. The number of ether oxygens (including phenoxy) is 1. The first kappa shape index (κ1) is 20.7. The summed E-state index contributed by atoms with van der Waals surface area (Å²) in [5, 5.41) is 0.0453. The smallest absolute Gasteiger partial charge is 0.271 e. The van der Waals surface area contributed by atoms with Gasteiger partial charge in [-0.05, 0) is 42.5 Å². The van der Waals surface area contributed by atoms with E-state index in [0.29, 0.717) is 11.3 Å². The van der Waals surface area contributed by atoms with Crippen molar-refractivity contribution in [2.45, 2.75) is 4.90 Å². The van der Waals surface area contributed by atoms with Crippen LogP contribution in [0.3, 0.4) is 0 Å². The van der Waals surface area contributed by atoms with Crippen molar-refractivity contribution in [2.75, 3.05) is 21.2 Å². The van der Waals surface area contributed by atoms with E-state index in [1.165, 1.54) is 45.5 Å². The zero-order chi connectivity index (χ0) is 20.2. The number of hydrogen-bond donors (Lipinski definition) is 2. The van der Waals surface area contributed by atoms with E-state index in [2.05, 4.69) is 10.9 Å². The summed E-state index contributed by atoms with van der Waals surface area (Å²) in [4.78, 5) is 24.3. The van der Waals surface area contributed by atoms with Crippen molar-refractivity contribution in [2.24, 2.45) is 0 Å². The number of benzene rings is 2. The average molecular weight is 412 g/mol. The minimum atomic E-state index is -3.74. The summed E-state index contributed by atoms with van der Waals surface area (Å²) < 4.78 is 30.4. The highest BCUT2D eigenvalue weighted by molar-refractivity contribution is 7.89. The van der Waals surface area contributed by atoms with Crippen LogP contribution in [0.15, 0.2) is 47.4 Å². The number of carbonyl (C=O) groups is 2. The number of hydrogen-bond acceptors (Lipinski definition) is 5. The molecule has 8 nitrogen and oxygen atoms in total. The number of sulfonamides is 1. The van der Waals surface area contributed by atoms with E-state index < -0.39 is 21.8 Å². The minimum Gasteiger partial charge on any atom is -0.497 e. The lowest BCUT2D eigenvalue weighted by Gasteiger charge is -2.13. The van der Waals surface area contributed by atoms with E-state index >= 15 is 0 Å². The second-order valence-electron chi connectivity index (χ2n) is 5.57. The van der Waals surface area contributed by atoms with E-state index in [4.69, 9.17) is 16.3 Å². The van der Waals surface area contributed by atoms with Gasteiger partial charge in [0.1, 0.15) is 5.75 Å². The van der Waals surface area contributed by atoms with E-state index in [0.717, 1.165) is 10.4 Å². The van der Waals surface area contributed by atoms with Gasteiger partial charge in [-0.1, -0.05) is 11.6 Å². The van der Waals surface area contributed by atoms with E-state index in [1.807, 2.05) is 0 Å². The number of amides is 2. The number of rotatable bonds is 5. The Bertz CT molecular complexity index is 959. The van der Waals surface area contributed by atoms with Gasteiger partial charge in [-0.15, -0.1) is 0 Å². The van der Waals surface area contributed by atoms with Crippen LogP contribution in [0.2, 0.25) is 5.02 Å². The molecule has 0 saturated heterocycles. The number of halogens is 1. The third-order valence-corrected chi connectivity index (χ3v) is 5.74. The third-order valence-electron chi connectivity index (χ3n) is 3.60. The Kier molecular flexibility index (Phi) is 6.42. The SMILES string of the molecule is COc1ccc(C(=O)NNC(=O)c2cc(S(=O)(=O)N(C)C)ccc2Cl)cc1. The number of carbonyl (C=O) groups excluding carboxylic acids is 2. The summed E-state index contributed by atoms with van der Waals surface area (Å²) >= 11 is 5.99. The summed E-state index contributed by atoms with van der Waals surface area (Å²) in [6, 6.07) is 10.00. The first-order valence-corrected chi connectivity index (χ1v) is 9.45. The van der Waals surface area contributed by atoms with Gasteiger partial charge in [-0.2, -0.15) is 0 Å². The maximum atomic E-state index is 12.3. The van der Waals surface area contributed by atoms with E-state index in [9.17, 15) is 18.0 Å². The fourth-order valence-electron chi connectivity index (χ4n) is 2.05. The van der Waals surface area contributed by atoms with Gasteiger partial charge in [-0.3, -0.25) is 20.4 Å². The van der Waals surface area contributed by atoms with Crippen LogP contribution in [0.4, 0.5) is 0 Å². The molecular weight excluding hydrogens is 394 g/mol. The summed E-state index contributed by atoms with van der Waals surface area (Å²) in [5.41, 5.74) is 4.67. The highest BCUT2D eigenvalue weighted by Crippen LogP contribution is 2.22. The molecule has 0 fully saturated rings. The molecule has 2 aromatic rings. The lowest BCUT2D eigenvalue weighted by molar-refractivity contribution is 0.0846. The molecule has 27 heavy (non-hydrogen) atoms. The largest absolute Gasteiger partial charge is 0.497 e. The number of nitrogens with one attached hydrogen (secondary N) is 2. The fourth-order valence-corrected chi connectivity index (χ4v) is 3.18. The highest BCUT2D eigenvalue weighted by Gasteiger charge is 2.21. The van der Waals surface area contributed by atoms with Gasteiger partial charge in [0, 0.05) is 19.7 Å². The van der Waals surface area contributed by atoms with E-state index in [1.54, 1.807) is 12.1 Å². The molecule has 0 unspecified atom stereocenters. The molecule has 0 aromatic heterocycles. The molecular formula is C17H18ClN3O5S. The topological polar surface area (TPSA) is 105 Å². The first-order chi connectivity index (χ1) is 12.7. The third kappa shape index (κ3) is 4.76. The standard InChI is InChI=1S/C17H18ClN3O5S/c1-21(2)27(24,25)13-8-9-15(18)14(10-13)17(23)20-19-16(22)11-4-6-12(26-3)7-5-11/h4-10H,1-3H3,(H,19,22)(H,20,23). The Morgan fingerprint density at radius 3 is 2.15 bits per heavy atom. The number of methoxy groups -OCH3 is 1. The van der Waals surface area contributed by atoms with Gasteiger partial charge in [-0.25, -0.2) is 12.7 Å². The van der Waals surface area contributed by atoms with Crippen molar-refractivity contribution < 1.29 is 22.7 Å². The fraction of sp³-hybridized carbons (Fsp3) is 0.176. The molecule has 2 rings (SSSR count). The molecule has 144 valence electrons. The van der Waals surface area contributed by atoms with Crippen molar-refractivity contribution in [3.63, 3.8) is 0 Å². The average Bonchev–Trinajstić information content (AvgIpc) is 2.65. The van der Waals surface area contributed by atoms with Crippen LogP contribution >= 0.6 is 11.6 Å². The van der Waals surface area contributed by atoms with Crippen LogP contribution in [0.1, 0.15) is 20.7 Å². The maximum Gasteiger partial charge on any atom is 0.271 e. The summed E-state index contributed by atoms with van der Waals surface area (Å²) in [7, 11) is 0.516. The molecule has 0 aliphatic heterocycles. The van der Waals surface area contributed by atoms with Crippen LogP contribution in [0.5, 0.6) is 5.75 Å². The molecule has 0 heterocycles. The number of hydrazine groups is 1. The Hall–Kier alpha value is -2.62. The second kappa shape index (κ2) is 8.38. The molecule has 2 aromatic carbocycles. The molecule has 0 saturated carbocycles. The summed E-state index contributed by atoms with van der Waals surface area (Å²) in [6.45, 7) is 0. The molecule has 2 amide bonds. The highest BCUT2D eigenvalue weighted by atomic mass is 35.5. The second-order valence-corrected chi connectivity index (χ2v) is 8.12. The Labute approximate surface area is 162 Å². The molecule has 0 bridgehead atoms. The van der Waals surface area contributed by atoms with Crippen LogP contribution in [-0.2, 0) is 10.0 Å². The minimum absolute atomic E-state index is 0.0453. The predicted octanol–water partition coefficient (Wildman–Crippen LogP) is 1.67. The Morgan fingerprint density at radius 1 is 1.00 bits per heavy atom. The molecule has 0 spiro atoms. The van der Waals surface area contributed by atoms with Gasteiger partial charge in [0.15, 0.2) is 0 Å². The van der Waals surface area contributed by atoms with Gasteiger partial charge >= 0.3 is 0 Å². The zero-order valence-corrected chi connectivity index (χ0v) is 16.4. The lowest BCUT2D eigenvalue weighted by Crippen LogP contribution is -2.41. The Balaban J connectivity index is 2.14. The molecule has 10 heteroatoms. The molecule has 0 atom stereocenters. The number of nitrogens with zero attached hydrogens (tertiary/aromatic N) is 1. The van der Waals surface area contributed by atoms with Crippen LogP contribution in [-0.4, -0.2) is 45.7 Å². The van der Waals surface area contributed by atoms with Crippen molar-refractivity contribution in [1.82, 2.24) is 15.2 Å². The van der Waals surface area contributed by atoms with Gasteiger partial charge in [0.2, 0.25) is 10.0 Å². The van der Waals surface area contributed by atoms with Gasteiger partial charge < -0.3 is 4.74 Å². The first-order valence-electron chi connectivity index (χ1n) is 7.63. The van der Waals surface area contributed by atoms with Crippen molar-refractivity contribution >= 4 is 33.4 Å². The normalized spacial score (nSPS) is 11.1. The van der Waals surface area contributed by atoms with Gasteiger partial charge in [0.05, 0.1) is 22.6 Å². The van der Waals surface area contributed by atoms with Gasteiger partial charge in [0.25, 0.3) is 11.8 Å². The van der Waals surface area contributed by atoms with E-state index in [-0.39, 0.29) is 15.5 Å². The molecule has 0 radical (unpaired) electrons. The molecule has 0 aliphatic rings. The molecule has 2 N–H and O–H groups in total. The maximum absolute atomic E-state index is 12.3. The lowest BCUT2D eigenvalue weighted by atomic mass is 10.2. The van der Waals surface area contributed by atoms with Crippen molar-refractivity contribution in [1.29, 1.82) is 0 Å². The van der Waals surface area contributed by atoms with Crippen LogP contribution in [0, 0.1) is 0 Å². The summed E-state index contributed by atoms with van der Waals surface area (Å²) in [6.07, 6.45) is 0. The molecule has 0 aliphatic carbocycles. The van der Waals surface area contributed by atoms with Crippen LogP contribution < -0.4 is 15.6 Å². The quantitative estimate of drug-likeness (QED) is 0.728.